The number of hydrogen-bond acceptors (Lipinski definition) is 5. The molecule has 1 unspecified atom stereocenters. The average Bonchev–Trinajstić information content (AvgIpc) is 3.24. The summed E-state index contributed by atoms with van der Waals surface area (Å²) in [6.07, 6.45) is 0. The lowest BCUT2D eigenvalue weighted by atomic mass is 10.2. The Morgan fingerprint density at radius 2 is 1.65 bits per heavy atom. The summed E-state index contributed by atoms with van der Waals surface area (Å²) in [5, 5.41) is 11.3. The summed E-state index contributed by atoms with van der Waals surface area (Å²) in [4.78, 5) is 12.9. The van der Waals surface area contributed by atoms with Gasteiger partial charge in [-0.15, -0.1) is 10.2 Å². The van der Waals surface area contributed by atoms with Gasteiger partial charge in [-0.3, -0.25) is 9.36 Å². The van der Waals surface area contributed by atoms with E-state index in [0.29, 0.717) is 11.0 Å². The first kappa shape index (κ1) is 23.4. The lowest BCUT2D eigenvalue weighted by molar-refractivity contribution is -0.115. The van der Waals surface area contributed by atoms with Crippen molar-refractivity contribution >= 4 is 23.4 Å². The van der Waals surface area contributed by atoms with E-state index in [1.165, 1.54) is 23.9 Å². The zero-order valence-corrected chi connectivity index (χ0v) is 19.3. The number of nitrogens with one attached hydrogen (secondary N) is 1. The highest BCUT2D eigenvalue weighted by Crippen LogP contribution is 2.32. The number of aromatic nitrogens is 3. The van der Waals surface area contributed by atoms with Gasteiger partial charge in [0.1, 0.15) is 5.75 Å². The number of amides is 1. The summed E-state index contributed by atoms with van der Waals surface area (Å²) in [7, 11) is 0. The molecule has 0 radical (unpaired) electrons. The number of thioether (sulfide) groups is 1. The number of carbonyl (C=O) groups is 1. The molecule has 0 spiro atoms. The highest BCUT2D eigenvalue weighted by atomic mass is 32.2. The van der Waals surface area contributed by atoms with Gasteiger partial charge >= 0.3 is 6.61 Å². The normalized spacial score (nSPS) is 11.9. The van der Waals surface area contributed by atoms with E-state index in [1.807, 2.05) is 66.1 Å². The van der Waals surface area contributed by atoms with Crippen molar-refractivity contribution in [1.29, 1.82) is 0 Å². The Morgan fingerprint density at radius 1 is 0.971 bits per heavy atom. The van der Waals surface area contributed by atoms with Crippen LogP contribution in [0.2, 0.25) is 0 Å². The average molecular weight is 481 g/mol. The number of rotatable bonds is 8. The van der Waals surface area contributed by atoms with E-state index in [-0.39, 0.29) is 17.3 Å². The highest BCUT2D eigenvalue weighted by Gasteiger charge is 2.23. The summed E-state index contributed by atoms with van der Waals surface area (Å²) >= 11 is 1.22. The van der Waals surface area contributed by atoms with Crippen molar-refractivity contribution in [2.24, 2.45) is 0 Å². The smallest absolute Gasteiger partial charge is 0.387 e. The fourth-order valence-corrected chi connectivity index (χ4v) is 4.13. The van der Waals surface area contributed by atoms with Gasteiger partial charge in [-0.2, -0.15) is 8.78 Å². The van der Waals surface area contributed by atoms with Crippen molar-refractivity contribution in [2.75, 3.05) is 5.32 Å². The molecule has 174 valence electrons. The Morgan fingerprint density at radius 3 is 2.35 bits per heavy atom. The zero-order valence-electron chi connectivity index (χ0n) is 18.5. The van der Waals surface area contributed by atoms with E-state index in [2.05, 4.69) is 20.3 Å². The standard InChI is InChI=1S/C25H22F2N4O2S/c1-16-12-14-19(15-13-16)31-22(18-8-4-3-5-9-18)29-30-25(31)34-17(2)23(32)28-20-10-6-7-11-21(20)33-24(26)27/h3-15,17,24H,1-2H3,(H,28,32). The van der Waals surface area contributed by atoms with Gasteiger partial charge in [-0.05, 0) is 38.1 Å². The Kier molecular flexibility index (Phi) is 7.22. The number of benzene rings is 3. The largest absolute Gasteiger partial charge is 0.433 e. The van der Waals surface area contributed by atoms with Gasteiger partial charge in [-0.1, -0.05) is 71.9 Å². The summed E-state index contributed by atoms with van der Waals surface area (Å²) in [6.45, 7) is 0.730. The van der Waals surface area contributed by atoms with Gasteiger partial charge in [0, 0.05) is 11.3 Å². The topological polar surface area (TPSA) is 69.0 Å². The van der Waals surface area contributed by atoms with E-state index in [4.69, 9.17) is 0 Å². The van der Waals surface area contributed by atoms with Crippen LogP contribution in [-0.4, -0.2) is 32.5 Å². The number of para-hydroxylation sites is 2. The van der Waals surface area contributed by atoms with Crippen molar-refractivity contribution in [3.8, 4) is 22.8 Å². The van der Waals surface area contributed by atoms with E-state index < -0.39 is 11.9 Å². The molecular weight excluding hydrogens is 458 g/mol. The number of anilines is 1. The first-order chi connectivity index (χ1) is 16.4. The molecule has 9 heteroatoms. The van der Waals surface area contributed by atoms with Crippen LogP contribution in [-0.2, 0) is 4.79 Å². The van der Waals surface area contributed by atoms with Crippen molar-refractivity contribution in [3.63, 3.8) is 0 Å². The van der Waals surface area contributed by atoms with Crippen LogP contribution in [0.25, 0.3) is 17.1 Å². The van der Waals surface area contributed by atoms with Crippen LogP contribution >= 0.6 is 11.8 Å². The molecule has 0 aliphatic rings. The number of carbonyl (C=O) groups excluding carboxylic acids is 1. The fourth-order valence-electron chi connectivity index (χ4n) is 3.26. The summed E-state index contributed by atoms with van der Waals surface area (Å²) in [6, 6.07) is 23.7. The summed E-state index contributed by atoms with van der Waals surface area (Å²) in [5.74, 6) is 0.169. The van der Waals surface area contributed by atoms with Crippen LogP contribution in [0.15, 0.2) is 84.0 Å². The van der Waals surface area contributed by atoms with E-state index in [9.17, 15) is 13.6 Å². The number of aryl methyl sites for hydroxylation is 1. The molecule has 4 rings (SSSR count). The van der Waals surface area contributed by atoms with Gasteiger partial charge in [-0.25, -0.2) is 0 Å². The van der Waals surface area contributed by atoms with E-state index in [1.54, 1.807) is 19.1 Å². The number of alkyl halides is 2. The molecule has 1 amide bonds. The van der Waals surface area contributed by atoms with Gasteiger partial charge in [0.25, 0.3) is 0 Å². The molecule has 1 N–H and O–H groups in total. The molecular formula is C25H22F2N4O2S. The van der Waals surface area contributed by atoms with Gasteiger partial charge in [0.2, 0.25) is 5.91 Å². The van der Waals surface area contributed by atoms with Crippen LogP contribution in [0.5, 0.6) is 5.75 Å². The second-order valence-electron chi connectivity index (χ2n) is 7.47. The first-order valence-electron chi connectivity index (χ1n) is 10.5. The van der Waals surface area contributed by atoms with Crippen molar-refractivity contribution in [3.05, 3.63) is 84.4 Å². The highest BCUT2D eigenvalue weighted by molar-refractivity contribution is 8.00. The lowest BCUT2D eigenvalue weighted by Gasteiger charge is -2.16. The van der Waals surface area contributed by atoms with Crippen LogP contribution in [0.4, 0.5) is 14.5 Å². The molecule has 0 bridgehead atoms. The minimum atomic E-state index is -2.99. The fraction of sp³-hybridized carbons (Fsp3) is 0.160. The van der Waals surface area contributed by atoms with Gasteiger partial charge < -0.3 is 10.1 Å². The summed E-state index contributed by atoms with van der Waals surface area (Å²) in [5.41, 5.74) is 3.03. The molecule has 34 heavy (non-hydrogen) atoms. The van der Waals surface area contributed by atoms with Crippen molar-refractivity contribution in [1.82, 2.24) is 14.8 Å². The molecule has 6 nitrogen and oxygen atoms in total. The van der Waals surface area contributed by atoms with Crippen LogP contribution < -0.4 is 10.1 Å². The molecule has 1 aromatic heterocycles. The molecule has 1 atom stereocenters. The Balaban J connectivity index is 1.61. The number of ether oxygens (including phenoxy) is 1. The predicted molar refractivity (Wildman–Crippen MR) is 129 cm³/mol. The summed E-state index contributed by atoms with van der Waals surface area (Å²) < 4.78 is 31.8. The second-order valence-corrected chi connectivity index (χ2v) is 8.78. The molecule has 0 fully saturated rings. The molecule has 0 saturated heterocycles. The van der Waals surface area contributed by atoms with E-state index >= 15 is 0 Å². The molecule has 0 aliphatic heterocycles. The number of halogens is 2. The number of nitrogens with zero attached hydrogens (tertiary/aromatic N) is 3. The van der Waals surface area contributed by atoms with Gasteiger partial charge in [0.05, 0.1) is 10.9 Å². The maximum atomic E-state index is 12.9. The van der Waals surface area contributed by atoms with E-state index in [0.717, 1.165) is 16.8 Å². The lowest BCUT2D eigenvalue weighted by Crippen LogP contribution is -2.23. The van der Waals surface area contributed by atoms with Crippen LogP contribution in [0.3, 0.4) is 0 Å². The Bertz CT molecular complexity index is 1260. The second kappa shape index (κ2) is 10.5. The minimum absolute atomic E-state index is 0.0998. The zero-order chi connectivity index (χ0) is 24.1. The SMILES string of the molecule is Cc1ccc(-n2c(SC(C)C(=O)Nc3ccccc3OC(F)F)nnc2-c2ccccc2)cc1. The quantitative estimate of drug-likeness (QED) is 0.315. The maximum absolute atomic E-state index is 12.9. The maximum Gasteiger partial charge on any atom is 0.387 e. The molecule has 0 saturated carbocycles. The third kappa shape index (κ3) is 5.43. The monoisotopic (exact) mass is 480 g/mol. The third-order valence-corrected chi connectivity index (χ3v) is 6.01. The molecule has 1 heterocycles. The first-order valence-corrected chi connectivity index (χ1v) is 11.4. The molecule has 3 aromatic carbocycles. The Labute approximate surface area is 200 Å². The third-order valence-electron chi connectivity index (χ3n) is 4.97. The van der Waals surface area contributed by atoms with Gasteiger partial charge in [0.15, 0.2) is 11.0 Å². The Hall–Kier alpha value is -3.72. The van der Waals surface area contributed by atoms with Crippen LogP contribution in [0.1, 0.15) is 12.5 Å². The predicted octanol–water partition coefficient (Wildman–Crippen LogP) is 5.96. The number of hydrogen-bond donors (Lipinski definition) is 1. The molecule has 4 aromatic rings. The molecule has 0 aliphatic carbocycles. The van der Waals surface area contributed by atoms with Crippen molar-refractivity contribution in [2.45, 2.75) is 30.9 Å². The minimum Gasteiger partial charge on any atom is -0.433 e. The van der Waals surface area contributed by atoms with Crippen LogP contribution in [0, 0.1) is 6.92 Å². The van der Waals surface area contributed by atoms with Crippen molar-refractivity contribution < 1.29 is 18.3 Å².